The molecule has 3 rings (SSSR count). The summed E-state index contributed by atoms with van der Waals surface area (Å²) in [6.07, 6.45) is -1.23. The monoisotopic (exact) mass is 379 g/mol. The van der Waals surface area contributed by atoms with Crippen LogP contribution in [0.2, 0.25) is 5.02 Å². The molecule has 0 fully saturated rings. The van der Waals surface area contributed by atoms with E-state index < -0.39 is 29.6 Å². The molecule has 3 aromatic rings. The second-order valence-electron chi connectivity index (χ2n) is 5.45. The van der Waals surface area contributed by atoms with Gasteiger partial charge in [0, 0.05) is 16.5 Å². The van der Waals surface area contributed by atoms with Crippen molar-refractivity contribution in [2.45, 2.75) is 13.0 Å². The Bertz CT molecular complexity index is 1000. The third-order valence-corrected chi connectivity index (χ3v) is 3.76. The summed E-state index contributed by atoms with van der Waals surface area (Å²) in [6.45, 7) is 1.31. The van der Waals surface area contributed by atoms with Gasteiger partial charge in [0.15, 0.2) is 6.10 Å². The highest BCUT2D eigenvalue weighted by Crippen LogP contribution is 2.24. The zero-order chi connectivity index (χ0) is 18.8. The van der Waals surface area contributed by atoms with E-state index in [0.29, 0.717) is 22.1 Å². The molecule has 0 aliphatic rings. The lowest BCUT2D eigenvalue weighted by atomic mass is 10.2. The Labute approximate surface area is 151 Å². The zero-order valence-electron chi connectivity index (χ0n) is 13.4. The molecule has 5 nitrogen and oxygen atoms in total. The molecular formula is C18H12ClF2NO4. The van der Waals surface area contributed by atoms with Crippen molar-refractivity contribution in [2.75, 3.05) is 5.32 Å². The number of halogens is 3. The first kappa shape index (κ1) is 17.9. The average Bonchev–Trinajstić information content (AvgIpc) is 3.00. The maximum Gasteiger partial charge on any atom is 0.375 e. The zero-order valence-corrected chi connectivity index (χ0v) is 14.1. The van der Waals surface area contributed by atoms with Crippen LogP contribution in [0.1, 0.15) is 17.5 Å². The first-order chi connectivity index (χ1) is 12.3. The van der Waals surface area contributed by atoms with Crippen LogP contribution in [0.25, 0.3) is 11.0 Å². The van der Waals surface area contributed by atoms with Gasteiger partial charge in [-0.15, -0.1) is 0 Å². The second kappa shape index (κ2) is 7.13. The second-order valence-corrected chi connectivity index (χ2v) is 5.89. The Morgan fingerprint density at radius 2 is 1.92 bits per heavy atom. The van der Waals surface area contributed by atoms with Gasteiger partial charge in [-0.1, -0.05) is 11.6 Å². The van der Waals surface area contributed by atoms with Gasteiger partial charge in [0.05, 0.1) is 5.69 Å². The van der Waals surface area contributed by atoms with Gasteiger partial charge in [0.2, 0.25) is 5.76 Å². The minimum Gasteiger partial charge on any atom is -0.449 e. The quantitative estimate of drug-likeness (QED) is 0.675. The predicted octanol–water partition coefficient (Wildman–Crippen LogP) is 4.55. The molecule has 1 aromatic heterocycles. The Hall–Kier alpha value is -2.93. The van der Waals surface area contributed by atoms with Crippen molar-refractivity contribution in [3.8, 4) is 0 Å². The number of furan rings is 1. The van der Waals surface area contributed by atoms with E-state index >= 15 is 0 Å². The first-order valence-electron chi connectivity index (χ1n) is 7.49. The van der Waals surface area contributed by atoms with Crippen molar-refractivity contribution < 1.29 is 27.5 Å². The number of rotatable bonds is 4. The van der Waals surface area contributed by atoms with Crippen LogP contribution in [0.15, 0.2) is 46.9 Å². The highest BCUT2D eigenvalue weighted by Gasteiger charge is 2.22. The number of carbonyl (C=O) groups is 2. The smallest absolute Gasteiger partial charge is 0.375 e. The number of nitrogens with one attached hydrogen (secondary N) is 1. The van der Waals surface area contributed by atoms with Crippen molar-refractivity contribution in [1.29, 1.82) is 0 Å². The van der Waals surface area contributed by atoms with Crippen molar-refractivity contribution in [3.05, 3.63) is 64.9 Å². The minimum absolute atomic E-state index is 0.102. The molecule has 2 aromatic carbocycles. The summed E-state index contributed by atoms with van der Waals surface area (Å²) in [5.41, 5.74) is 0.213. The van der Waals surface area contributed by atoms with Crippen LogP contribution < -0.4 is 5.32 Å². The Morgan fingerprint density at radius 1 is 1.15 bits per heavy atom. The van der Waals surface area contributed by atoms with Crippen LogP contribution in [0.4, 0.5) is 14.5 Å². The highest BCUT2D eigenvalue weighted by atomic mass is 35.5. The molecule has 0 unspecified atom stereocenters. The summed E-state index contributed by atoms with van der Waals surface area (Å²) < 4.78 is 36.8. The van der Waals surface area contributed by atoms with Crippen LogP contribution in [0, 0.1) is 11.6 Å². The van der Waals surface area contributed by atoms with Gasteiger partial charge < -0.3 is 14.5 Å². The molecule has 1 heterocycles. The largest absolute Gasteiger partial charge is 0.449 e. The van der Waals surface area contributed by atoms with Crippen molar-refractivity contribution in [3.63, 3.8) is 0 Å². The third-order valence-electron chi connectivity index (χ3n) is 3.52. The Kier molecular flexibility index (Phi) is 4.90. The van der Waals surface area contributed by atoms with Gasteiger partial charge in [0.25, 0.3) is 5.91 Å². The third kappa shape index (κ3) is 3.83. The van der Waals surface area contributed by atoms with Crippen LogP contribution in [-0.4, -0.2) is 18.0 Å². The predicted molar refractivity (Wildman–Crippen MR) is 91.1 cm³/mol. The van der Waals surface area contributed by atoms with E-state index in [2.05, 4.69) is 5.32 Å². The maximum atomic E-state index is 13.6. The fraction of sp³-hybridized carbons (Fsp3) is 0.111. The molecule has 0 aliphatic heterocycles. The lowest BCUT2D eigenvalue weighted by molar-refractivity contribution is -0.123. The number of fused-ring (bicyclic) bond motifs is 1. The molecule has 1 N–H and O–H groups in total. The number of amides is 1. The van der Waals surface area contributed by atoms with Gasteiger partial charge in [0.1, 0.15) is 17.2 Å². The summed E-state index contributed by atoms with van der Waals surface area (Å²) in [7, 11) is 0. The van der Waals surface area contributed by atoms with Gasteiger partial charge in [-0.05, 0) is 43.3 Å². The summed E-state index contributed by atoms with van der Waals surface area (Å²) in [4.78, 5) is 24.2. The van der Waals surface area contributed by atoms with Crippen molar-refractivity contribution in [1.82, 2.24) is 0 Å². The Morgan fingerprint density at radius 3 is 2.65 bits per heavy atom. The summed E-state index contributed by atoms with van der Waals surface area (Å²) in [6, 6.07) is 8.96. The molecule has 0 spiro atoms. The number of carbonyl (C=O) groups excluding carboxylic acids is 2. The van der Waals surface area contributed by atoms with E-state index in [9.17, 15) is 18.4 Å². The molecule has 8 heteroatoms. The molecule has 134 valence electrons. The van der Waals surface area contributed by atoms with E-state index in [0.717, 1.165) is 12.1 Å². The number of esters is 1. The molecule has 0 bridgehead atoms. The van der Waals surface area contributed by atoms with E-state index in [1.807, 2.05) is 0 Å². The number of anilines is 1. The summed E-state index contributed by atoms with van der Waals surface area (Å²) in [5.74, 6) is -3.45. The normalized spacial score (nSPS) is 12.0. The highest BCUT2D eigenvalue weighted by molar-refractivity contribution is 6.31. The molecule has 1 amide bonds. The first-order valence-corrected chi connectivity index (χ1v) is 7.87. The van der Waals surface area contributed by atoms with Gasteiger partial charge in [-0.3, -0.25) is 4.79 Å². The SMILES string of the molecule is C[C@H](OC(=O)c1cc2cc(Cl)ccc2o1)C(=O)Nc1ccc(F)cc1F. The topological polar surface area (TPSA) is 68.5 Å². The lowest BCUT2D eigenvalue weighted by Gasteiger charge is -2.13. The summed E-state index contributed by atoms with van der Waals surface area (Å²) >= 11 is 5.87. The molecule has 26 heavy (non-hydrogen) atoms. The van der Waals surface area contributed by atoms with E-state index in [1.54, 1.807) is 18.2 Å². The van der Waals surface area contributed by atoms with Crippen molar-refractivity contribution in [2.24, 2.45) is 0 Å². The van der Waals surface area contributed by atoms with Crippen LogP contribution in [-0.2, 0) is 9.53 Å². The lowest BCUT2D eigenvalue weighted by Crippen LogP contribution is -2.30. The van der Waals surface area contributed by atoms with Gasteiger partial charge in [-0.2, -0.15) is 0 Å². The maximum absolute atomic E-state index is 13.6. The molecular weight excluding hydrogens is 368 g/mol. The minimum atomic E-state index is -1.23. The Balaban J connectivity index is 1.68. The summed E-state index contributed by atoms with van der Waals surface area (Å²) in [5, 5.41) is 3.31. The standard InChI is InChI=1S/C18H12ClF2NO4/c1-9(17(23)22-14-4-3-12(20)8-13(14)21)25-18(24)16-7-10-6-11(19)2-5-15(10)26-16/h2-9H,1H3,(H,22,23)/t9-/m0/s1. The average molecular weight is 380 g/mol. The van der Waals surface area contributed by atoms with Gasteiger partial charge in [-0.25, -0.2) is 13.6 Å². The van der Waals surface area contributed by atoms with E-state index in [-0.39, 0.29) is 11.4 Å². The van der Waals surface area contributed by atoms with Crippen LogP contribution >= 0.6 is 11.6 Å². The number of ether oxygens (including phenoxy) is 1. The fourth-order valence-electron chi connectivity index (χ4n) is 2.21. The molecule has 1 atom stereocenters. The van der Waals surface area contributed by atoms with Gasteiger partial charge >= 0.3 is 5.97 Å². The molecule has 0 aliphatic carbocycles. The molecule has 0 saturated heterocycles. The van der Waals surface area contributed by atoms with Crippen molar-refractivity contribution >= 4 is 40.1 Å². The number of benzene rings is 2. The van der Waals surface area contributed by atoms with E-state index in [4.69, 9.17) is 20.8 Å². The number of hydrogen-bond acceptors (Lipinski definition) is 4. The van der Waals surface area contributed by atoms with E-state index in [1.165, 1.54) is 13.0 Å². The molecule has 0 radical (unpaired) electrons. The fourth-order valence-corrected chi connectivity index (χ4v) is 2.39. The van der Waals surface area contributed by atoms with Crippen LogP contribution in [0.3, 0.4) is 0 Å². The molecule has 0 saturated carbocycles. The number of hydrogen-bond donors (Lipinski definition) is 1. The van der Waals surface area contributed by atoms with Crippen LogP contribution in [0.5, 0.6) is 0 Å².